The lowest BCUT2D eigenvalue weighted by Crippen LogP contribution is -2.45. The Morgan fingerprint density at radius 3 is 2.82 bits per heavy atom. The molecule has 0 aliphatic heterocycles. The zero-order chi connectivity index (χ0) is 15.9. The van der Waals surface area contributed by atoms with E-state index < -0.39 is 0 Å². The second kappa shape index (κ2) is 8.20. The Morgan fingerprint density at radius 2 is 2.18 bits per heavy atom. The summed E-state index contributed by atoms with van der Waals surface area (Å²) in [7, 11) is 1.84. The molecule has 1 aliphatic carbocycles. The molecular weight excluding hydrogens is 276 g/mol. The van der Waals surface area contributed by atoms with Gasteiger partial charge in [-0.15, -0.1) is 0 Å². The third-order valence-electron chi connectivity index (χ3n) is 4.77. The van der Waals surface area contributed by atoms with E-state index in [1.165, 1.54) is 37.7 Å². The van der Waals surface area contributed by atoms with Crippen molar-refractivity contribution in [1.29, 1.82) is 0 Å². The average molecular weight is 306 g/mol. The molecule has 1 aliphatic rings. The molecule has 2 unspecified atom stereocenters. The minimum Gasteiger partial charge on any atom is -0.361 e. The van der Waals surface area contributed by atoms with Crippen molar-refractivity contribution in [3.05, 3.63) is 17.0 Å². The highest BCUT2D eigenvalue weighted by molar-refractivity contribution is 5.79. The molecule has 5 nitrogen and oxygen atoms in total. The van der Waals surface area contributed by atoms with Crippen molar-refractivity contribution in [3.8, 4) is 0 Å². The lowest BCUT2D eigenvalue weighted by atomic mass is 9.84. The number of aryl methyl sites for hydroxylation is 2. The highest BCUT2D eigenvalue weighted by atomic mass is 16.5. The zero-order valence-corrected chi connectivity index (χ0v) is 14.4. The van der Waals surface area contributed by atoms with Crippen molar-refractivity contribution in [2.75, 3.05) is 13.6 Å². The number of aromatic nitrogens is 1. The van der Waals surface area contributed by atoms with Gasteiger partial charge in [0.2, 0.25) is 0 Å². The van der Waals surface area contributed by atoms with E-state index in [4.69, 9.17) is 4.52 Å². The van der Waals surface area contributed by atoms with Crippen molar-refractivity contribution in [2.45, 2.75) is 65.3 Å². The normalized spacial score (nSPS) is 22.6. The standard InChI is InChI=1S/C17H30N4O/c1-5-14-7-6-8-15(11-14)20-17(18-4)19-10-9-16-12(2)21-22-13(16)3/h14-15H,5-11H2,1-4H3,(H2,18,19,20). The van der Waals surface area contributed by atoms with Crippen LogP contribution in [0.25, 0.3) is 0 Å². The summed E-state index contributed by atoms with van der Waals surface area (Å²) in [6.45, 7) is 7.09. The van der Waals surface area contributed by atoms with Gasteiger partial charge in [-0.3, -0.25) is 4.99 Å². The van der Waals surface area contributed by atoms with Gasteiger partial charge in [-0.2, -0.15) is 0 Å². The fourth-order valence-corrected chi connectivity index (χ4v) is 3.35. The van der Waals surface area contributed by atoms with Gasteiger partial charge in [0.1, 0.15) is 5.76 Å². The highest BCUT2D eigenvalue weighted by Gasteiger charge is 2.21. The molecule has 2 atom stereocenters. The van der Waals surface area contributed by atoms with E-state index in [-0.39, 0.29) is 0 Å². The van der Waals surface area contributed by atoms with Gasteiger partial charge in [0, 0.05) is 25.2 Å². The highest BCUT2D eigenvalue weighted by Crippen LogP contribution is 2.26. The van der Waals surface area contributed by atoms with Crippen LogP contribution in [0.3, 0.4) is 0 Å². The van der Waals surface area contributed by atoms with Crippen molar-refractivity contribution in [1.82, 2.24) is 15.8 Å². The molecule has 2 rings (SSSR count). The molecule has 0 bridgehead atoms. The van der Waals surface area contributed by atoms with Gasteiger partial charge < -0.3 is 15.2 Å². The summed E-state index contributed by atoms with van der Waals surface area (Å²) < 4.78 is 5.20. The summed E-state index contributed by atoms with van der Waals surface area (Å²) in [5.74, 6) is 2.69. The summed E-state index contributed by atoms with van der Waals surface area (Å²) in [5.41, 5.74) is 2.19. The van der Waals surface area contributed by atoms with Crippen LogP contribution in [0.2, 0.25) is 0 Å². The monoisotopic (exact) mass is 306 g/mol. The summed E-state index contributed by atoms with van der Waals surface area (Å²) >= 11 is 0. The van der Waals surface area contributed by atoms with Crippen LogP contribution in [0.15, 0.2) is 9.52 Å². The maximum atomic E-state index is 5.20. The molecule has 1 saturated carbocycles. The van der Waals surface area contributed by atoms with Crippen molar-refractivity contribution >= 4 is 5.96 Å². The Labute approximate surface area is 133 Å². The molecule has 1 fully saturated rings. The Hall–Kier alpha value is -1.52. The smallest absolute Gasteiger partial charge is 0.191 e. The van der Waals surface area contributed by atoms with Crippen LogP contribution in [-0.4, -0.2) is 30.8 Å². The predicted octanol–water partition coefficient (Wildman–Crippen LogP) is 2.97. The van der Waals surface area contributed by atoms with Gasteiger partial charge in [0.25, 0.3) is 0 Å². The van der Waals surface area contributed by atoms with Gasteiger partial charge in [-0.1, -0.05) is 31.3 Å². The summed E-state index contributed by atoms with van der Waals surface area (Å²) in [4.78, 5) is 4.35. The lowest BCUT2D eigenvalue weighted by molar-refractivity contribution is 0.298. The molecule has 0 amide bonds. The quantitative estimate of drug-likeness (QED) is 0.648. The summed E-state index contributed by atoms with van der Waals surface area (Å²) in [6.07, 6.45) is 7.42. The Balaban J connectivity index is 1.78. The Bertz CT molecular complexity index is 475. The predicted molar refractivity (Wildman–Crippen MR) is 90.2 cm³/mol. The molecular formula is C17H30N4O. The topological polar surface area (TPSA) is 62.5 Å². The van der Waals surface area contributed by atoms with Gasteiger partial charge in [0.15, 0.2) is 5.96 Å². The first-order valence-corrected chi connectivity index (χ1v) is 8.53. The molecule has 0 aromatic carbocycles. The van der Waals surface area contributed by atoms with E-state index in [0.717, 1.165) is 36.3 Å². The van der Waals surface area contributed by atoms with Gasteiger partial charge in [-0.25, -0.2) is 0 Å². The van der Waals surface area contributed by atoms with Gasteiger partial charge in [-0.05, 0) is 39.0 Å². The van der Waals surface area contributed by atoms with Crippen molar-refractivity contribution in [3.63, 3.8) is 0 Å². The number of hydrogen-bond acceptors (Lipinski definition) is 3. The minimum atomic E-state index is 0.559. The van der Waals surface area contributed by atoms with E-state index >= 15 is 0 Å². The number of guanidine groups is 1. The second-order valence-electron chi connectivity index (χ2n) is 6.33. The summed E-state index contributed by atoms with van der Waals surface area (Å²) in [6, 6.07) is 0.559. The number of nitrogens with one attached hydrogen (secondary N) is 2. The molecule has 0 saturated heterocycles. The van der Waals surface area contributed by atoms with Gasteiger partial charge in [0.05, 0.1) is 5.69 Å². The van der Waals surface area contributed by atoms with Crippen LogP contribution in [0, 0.1) is 19.8 Å². The summed E-state index contributed by atoms with van der Waals surface area (Å²) in [5, 5.41) is 11.0. The van der Waals surface area contributed by atoms with Crippen LogP contribution in [0.5, 0.6) is 0 Å². The SMILES string of the molecule is CCC1CCCC(NC(=NC)NCCc2c(C)noc2C)C1. The molecule has 1 aromatic rings. The van der Waals surface area contributed by atoms with Crippen LogP contribution >= 0.6 is 0 Å². The number of nitrogens with zero attached hydrogens (tertiary/aromatic N) is 2. The molecule has 1 aromatic heterocycles. The van der Waals surface area contributed by atoms with E-state index in [1.807, 2.05) is 20.9 Å². The maximum Gasteiger partial charge on any atom is 0.191 e. The van der Waals surface area contributed by atoms with Crippen LogP contribution in [0.4, 0.5) is 0 Å². The zero-order valence-electron chi connectivity index (χ0n) is 14.4. The first-order chi connectivity index (χ1) is 10.6. The molecule has 124 valence electrons. The largest absolute Gasteiger partial charge is 0.361 e. The molecule has 0 spiro atoms. The minimum absolute atomic E-state index is 0.559. The van der Waals surface area contributed by atoms with E-state index in [0.29, 0.717) is 6.04 Å². The lowest BCUT2D eigenvalue weighted by Gasteiger charge is -2.30. The number of rotatable bonds is 5. The maximum absolute atomic E-state index is 5.20. The Morgan fingerprint density at radius 1 is 1.36 bits per heavy atom. The van der Waals surface area contributed by atoms with Crippen LogP contribution < -0.4 is 10.6 Å². The van der Waals surface area contributed by atoms with Gasteiger partial charge >= 0.3 is 0 Å². The van der Waals surface area contributed by atoms with Crippen LogP contribution in [-0.2, 0) is 6.42 Å². The second-order valence-corrected chi connectivity index (χ2v) is 6.33. The first-order valence-electron chi connectivity index (χ1n) is 8.53. The molecule has 5 heteroatoms. The fourth-order valence-electron chi connectivity index (χ4n) is 3.35. The Kier molecular flexibility index (Phi) is 6.28. The molecule has 2 N–H and O–H groups in total. The fraction of sp³-hybridized carbons (Fsp3) is 0.765. The average Bonchev–Trinajstić information content (AvgIpc) is 2.85. The first kappa shape index (κ1) is 16.8. The van der Waals surface area contributed by atoms with E-state index in [2.05, 4.69) is 27.7 Å². The van der Waals surface area contributed by atoms with Crippen molar-refractivity contribution in [2.24, 2.45) is 10.9 Å². The molecule has 1 heterocycles. The molecule has 22 heavy (non-hydrogen) atoms. The number of hydrogen-bond donors (Lipinski definition) is 2. The third kappa shape index (κ3) is 4.49. The van der Waals surface area contributed by atoms with E-state index in [9.17, 15) is 0 Å². The third-order valence-corrected chi connectivity index (χ3v) is 4.77. The van der Waals surface area contributed by atoms with Crippen LogP contribution in [0.1, 0.15) is 56.0 Å². The molecule has 0 radical (unpaired) electrons. The van der Waals surface area contributed by atoms with E-state index in [1.54, 1.807) is 0 Å². The number of aliphatic imine (C=N–C) groups is 1. The van der Waals surface area contributed by atoms with Crippen molar-refractivity contribution < 1.29 is 4.52 Å².